The summed E-state index contributed by atoms with van der Waals surface area (Å²) in [6, 6.07) is 0. The smallest absolute Gasteiger partial charge is 0.303 e. The van der Waals surface area contributed by atoms with Crippen molar-refractivity contribution in [3.05, 3.63) is 12.4 Å². The zero-order valence-corrected chi connectivity index (χ0v) is 9.84. The van der Waals surface area contributed by atoms with E-state index in [-0.39, 0.29) is 13.0 Å². The normalized spacial score (nSPS) is 13.8. The molecule has 0 aliphatic rings. The minimum absolute atomic E-state index is 0.166. The van der Waals surface area contributed by atoms with E-state index in [0.29, 0.717) is 6.42 Å². The van der Waals surface area contributed by atoms with Gasteiger partial charge in [0.05, 0.1) is 6.61 Å². The van der Waals surface area contributed by atoms with E-state index in [2.05, 4.69) is 6.58 Å². The fourth-order valence-electron chi connectivity index (χ4n) is 1.18. The zero-order valence-electron chi connectivity index (χ0n) is 9.84. The minimum Gasteiger partial charge on any atom is -0.466 e. The number of ether oxygens (including phenoxy) is 2. The summed E-state index contributed by atoms with van der Waals surface area (Å²) in [6.07, 6.45) is 0.613. The van der Waals surface area contributed by atoms with Crippen molar-refractivity contribution in [1.82, 2.24) is 0 Å². The lowest BCUT2D eigenvalue weighted by atomic mass is 9.99. The van der Waals surface area contributed by atoms with Crippen molar-refractivity contribution in [3.63, 3.8) is 0 Å². The number of esters is 2. The number of carbonyl (C=O) groups is 2. The molecule has 4 nitrogen and oxygen atoms in total. The van der Waals surface area contributed by atoms with Gasteiger partial charge in [-0.2, -0.15) is 0 Å². The fourth-order valence-corrected chi connectivity index (χ4v) is 1.18. The Kier molecular flexibility index (Phi) is 5.71. The predicted octanol–water partition coefficient (Wildman–Crippen LogP) is 2.13. The molecule has 0 aliphatic carbocycles. The van der Waals surface area contributed by atoms with E-state index in [0.717, 1.165) is 0 Å². The van der Waals surface area contributed by atoms with Crippen LogP contribution in [0.3, 0.4) is 0 Å². The van der Waals surface area contributed by atoms with E-state index >= 15 is 0 Å². The SMILES string of the molecule is C=C(F)C(C)(CCCOC(C)=O)OC(C)=O. The lowest BCUT2D eigenvalue weighted by Crippen LogP contribution is -2.31. The van der Waals surface area contributed by atoms with Gasteiger partial charge in [-0.15, -0.1) is 0 Å². The molecule has 0 bridgehead atoms. The van der Waals surface area contributed by atoms with Crippen LogP contribution in [0.1, 0.15) is 33.6 Å². The summed E-state index contributed by atoms with van der Waals surface area (Å²) in [4.78, 5) is 21.3. The second kappa shape index (κ2) is 6.25. The molecule has 92 valence electrons. The standard InChI is InChI=1S/C11H17FO4/c1-8(12)11(4,16-10(3)14)6-5-7-15-9(2)13/h1,5-7H2,2-4H3. The molecule has 0 aromatic rings. The number of hydrogen-bond acceptors (Lipinski definition) is 4. The summed E-state index contributed by atoms with van der Waals surface area (Å²) in [5.41, 5.74) is -1.34. The summed E-state index contributed by atoms with van der Waals surface area (Å²) in [6.45, 7) is 7.24. The molecule has 0 N–H and O–H groups in total. The Hall–Kier alpha value is -1.39. The maximum atomic E-state index is 13.1. The monoisotopic (exact) mass is 232 g/mol. The molecule has 0 rings (SSSR count). The Bertz CT molecular complexity index is 288. The van der Waals surface area contributed by atoms with E-state index in [1.807, 2.05) is 0 Å². The van der Waals surface area contributed by atoms with Crippen LogP contribution in [0.25, 0.3) is 0 Å². The number of hydrogen-bond donors (Lipinski definition) is 0. The van der Waals surface area contributed by atoms with Gasteiger partial charge in [0.25, 0.3) is 0 Å². The molecule has 0 saturated carbocycles. The minimum atomic E-state index is -1.34. The van der Waals surface area contributed by atoms with Crippen LogP contribution < -0.4 is 0 Å². The molecule has 1 atom stereocenters. The third kappa shape index (κ3) is 5.48. The van der Waals surface area contributed by atoms with Gasteiger partial charge in [-0.05, 0) is 19.8 Å². The molecule has 0 amide bonds. The number of halogens is 1. The Morgan fingerprint density at radius 3 is 2.25 bits per heavy atom. The van der Waals surface area contributed by atoms with Gasteiger partial charge in [0.2, 0.25) is 0 Å². The highest BCUT2D eigenvalue weighted by molar-refractivity contribution is 5.67. The molecule has 0 fully saturated rings. The lowest BCUT2D eigenvalue weighted by molar-refractivity contribution is -0.155. The highest BCUT2D eigenvalue weighted by Crippen LogP contribution is 2.26. The van der Waals surface area contributed by atoms with Crippen molar-refractivity contribution in [2.75, 3.05) is 6.61 Å². The molecule has 0 saturated heterocycles. The Morgan fingerprint density at radius 1 is 1.31 bits per heavy atom. The number of carbonyl (C=O) groups excluding carboxylic acids is 2. The summed E-state index contributed by atoms with van der Waals surface area (Å²) >= 11 is 0. The van der Waals surface area contributed by atoms with Gasteiger partial charge in [0.1, 0.15) is 5.83 Å². The van der Waals surface area contributed by atoms with Crippen LogP contribution in [0.15, 0.2) is 12.4 Å². The molecular weight excluding hydrogens is 215 g/mol. The van der Waals surface area contributed by atoms with Crippen molar-refractivity contribution in [3.8, 4) is 0 Å². The first-order chi connectivity index (χ1) is 7.28. The second-order valence-corrected chi connectivity index (χ2v) is 3.67. The largest absolute Gasteiger partial charge is 0.466 e. The van der Waals surface area contributed by atoms with E-state index in [9.17, 15) is 14.0 Å². The topological polar surface area (TPSA) is 52.6 Å². The summed E-state index contributed by atoms with van der Waals surface area (Å²) in [5.74, 6) is -1.69. The molecule has 0 spiro atoms. The number of rotatable bonds is 6. The van der Waals surface area contributed by atoms with Crippen LogP contribution in [0.2, 0.25) is 0 Å². The molecule has 0 aliphatic heterocycles. The van der Waals surface area contributed by atoms with Crippen molar-refractivity contribution >= 4 is 11.9 Å². The average molecular weight is 232 g/mol. The van der Waals surface area contributed by atoms with Crippen LogP contribution in [-0.2, 0) is 19.1 Å². The molecule has 0 aromatic heterocycles. The third-order valence-corrected chi connectivity index (χ3v) is 2.05. The van der Waals surface area contributed by atoms with Gasteiger partial charge < -0.3 is 9.47 Å². The average Bonchev–Trinajstić information content (AvgIpc) is 2.10. The maximum absolute atomic E-state index is 13.1. The van der Waals surface area contributed by atoms with Gasteiger partial charge in [-0.3, -0.25) is 9.59 Å². The molecule has 0 heterocycles. The Morgan fingerprint density at radius 2 is 1.88 bits per heavy atom. The molecule has 1 unspecified atom stereocenters. The Balaban J connectivity index is 4.18. The van der Waals surface area contributed by atoms with Gasteiger partial charge in [0, 0.05) is 13.8 Å². The van der Waals surface area contributed by atoms with Crippen molar-refractivity contribution in [1.29, 1.82) is 0 Å². The van der Waals surface area contributed by atoms with E-state index in [1.54, 1.807) is 0 Å². The van der Waals surface area contributed by atoms with Crippen molar-refractivity contribution in [2.45, 2.75) is 39.2 Å². The first kappa shape index (κ1) is 14.6. The van der Waals surface area contributed by atoms with Crippen LogP contribution >= 0.6 is 0 Å². The highest BCUT2D eigenvalue weighted by Gasteiger charge is 2.31. The van der Waals surface area contributed by atoms with E-state index < -0.39 is 23.4 Å². The molecule has 0 radical (unpaired) electrons. The predicted molar refractivity (Wildman–Crippen MR) is 56.3 cm³/mol. The molecule has 5 heteroatoms. The van der Waals surface area contributed by atoms with Crippen LogP contribution in [0, 0.1) is 0 Å². The van der Waals surface area contributed by atoms with E-state index in [4.69, 9.17) is 9.47 Å². The van der Waals surface area contributed by atoms with Crippen molar-refractivity contribution in [2.24, 2.45) is 0 Å². The van der Waals surface area contributed by atoms with Crippen molar-refractivity contribution < 1.29 is 23.5 Å². The third-order valence-electron chi connectivity index (χ3n) is 2.05. The van der Waals surface area contributed by atoms with Crippen LogP contribution in [0.4, 0.5) is 4.39 Å². The van der Waals surface area contributed by atoms with Gasteiger partial charge >= 0.3 is 11.9 Å². The zero-order chi connectivity index (χ0) is 12.8. The Labute approximate surface area is 94.4 Å². The summed E-state index contributed by atoms with van der Waals surface area (Å²) in [7, 11) is 0. The van der Waals surface area contributed by atoms with Gasteiger partial charge in [0.15, 0.2) is 5.60 Å². The fraction of sp³-hybridized carbons (Fsp3) is 0.636. The summed E-state index contributed by atoms with van der Waals surface area (Å²) in [5, 5.41) is 0. The summed E-state index contributed by atoms with van der Waals surface area (Å²) < 4.78 is 22.7. The van der Waals surface area contributed by atoms with Crippen LogP contribution in [-0.4, -0.2) is 24.1 Å². The lowest BCUT2D eigenvalue weighted by Gasteiger charge is -2.26. The second-order valence-electron chi connectivity index (χ2n) is 3.67. The van der Waals surface area contributed by atoms with E-state index in [1.165, 1.54) is 20.8 Å². The highest BCUT2D eigenvalue weighted by atomic mass is 19.1. The first-order valence-corrected chi connectivity index (χ1v) is 4.96. The van der Waals surface area contributed by atoms with Gasteiger partial charge in [-0.1, -0.05) is 6.58 Å². The van der Waals surface area contributed by atoms with Gasteiger partial charge in [-0.25, -0.2) is 4.39 Å². The quantitative estimate of drug-likeness (QED) is 0.520. The van der Waals surface area contributed by atoms with Crippen LogP contribution in [0.5, 0.6) is 0 Å². The maximum Gasteiger partial charge on any atom is 0.303 e. The molecule has 16 heavy (non-hydrogen) atoms. The molecule has 0 aromatic carbocycles. The molecular formula is C11H17FO4. The first-order valence-electron chi connectivity index (χ1n) is 4.96.